The number of carbonyl (C=O) groups is 1. The van der Waals surface area contributed by atoms with E-state index in [-0.39, 0.29) is 5.56 Å². The van der Waals surface area contributed by atoms with Gasteiger partial charge in [0, 0.05) is 11.1 Å². The van der Waals surface area contributed by atoms with Crippen molar-refractivity contribution in [2.45, 2.75) is 26.0 Å². The Morgan fingerprint density at radius 3 is 2.52 bits per heavy atom. The van der Waals surface area contributed by atoms with E-state index < -0.39 is 12.1 Å². The molecule has 0 saturated carbocycles. The second-order valence-corrected chi connectivity index (χ2v) is 6.24. The lowest BCUT2D eigenvalue weighted by atomic mass is 10.1. The van der Waals surface area contributed by atoms with Gasteiger partial charge in [-0.25, -0.2) is 4.79 Å². The quantitative estimate of drug-likeness (QED) is 0.666. The highest BCUT2D eigenvalue weighted by molar-refractivity contribution is 5.88. The Morgan fingerprint density at radius 2 is 1.89 bits per heavy atom. The minimum absolute atomic E-state index is 0.226. The Kier molecular flexibility index (Phi) is 5.57. The van der Waals surface area contributed by atoms with E-state index in [0.717, 1.165) is 22.6 Å². The number of carboxylic acid groups (broad SMARTS) is 1. The van der Waals surface area contributed by atoms with E-state index in [9.17, 15) is 9.90 Å². The molecule has 0 fully saturated rings. The fourth-order valence-corrected chi connectivity index (χ4v) is 2.88. The van der Waals surface area contributed by atoms with Crippen LogP contribution in [0.15, 0.2) is 54.6 Å². The highest BCUT2D eigenvalue weighted by Gasteiger charge is 2.17. The first kappa shape index (κ1) is 18.7. The number of hydrogen-bond acceptors (Lipinski definition) is 4. The van der Waals surface area contributed by atoms with E-state index in [1.54, 1.807) is 36.1 Å². The molecule has 6 nitrogen and oxygen atoms in total. The largest absolute Gasteiger partial charge is 0.496 e. The topological polar surface area (TPSA) is 84.6 Å². The van der Waals surface area contributed by atoms with Gasteiger partial charge in [0.15, 0.2) is 0 Å². The molecular formula is C21H22N2O4. The summed E-state index contributed by atoms with van der Waals surface area (Å²) in [5.41, 5.74) is 3.45. The summed E-state index contributed by atoms with van der Waals surface area (Å²) >= 11 is 0. The van der Waals surface area contributed by atoms with E-state index in [2.05, 4.69) is 5.10 Å². The highest BCUT2D eigenvalue weighted by atomic mass is 16.5. The molecule has 1 aromatic heterocycles. The molecule has 140 valence electrons. The van der Waals surface area contributed by atoms with Crippen molar-refractivity contribution >= 4 is 5.97 Å². The lowest BCUT2D eigenvalue weighted by Gasteiger charge is -2.13. The maximum Gasteiger partial charge on any atom is 0.335 e. The third kappa shape index (κ3) is 4.01. The van der Waals surface area contributed by atoms with Crippen molar-refractivity contribution in [3.63, 3.8) is 0 Å². The van der Waals surface area contributed by atoms with Crippen molar-refractivity contribution in [2.75, 3.05) is 7.11 Å². The predicted molar refractivity (Wildman–Crippen MR) is 103 cm³/mol. The van der Waals surface area contributed by atoms with Gasteiger partial charge in [0.25, 0.3) is 0 Å². The molecule has 0 spiro atoms. The van der Waals surface area contributed by atoms with Gasteiger partial charge in [-0.2, -0.15) is 5.10 Å². The Hall–Kier alpha value is -3.12. The zero-order chi connectivity index (χ0) is 19.4. The van der Waals surface area contributed by atoms with Crippen molar-refractivity contribution in [1.29, 1.82) is 0 Å². The molecule has 0 aliphatic heterocycles. The van der Waals surface area contributed by atoms with Gasteiger partial charge in [-0.05, 0) is 36.8 Å². The van der Waals surface area contributed by atoms with Gasteiger partial charge in [-0.15, -0.1) is 0 Å². The summed E-state index contributed by atoms with van der Waals surface area (Å²) in [6.45, 7) is 2.28. The lowest BCUT2D eigenvalue weighted by Crippen LogP contribution is -2.16. The number of para-hydroxylation sites is 1. The van der Waals surface area contributed by atoms with Crippen molar-refractivity contribution in [2.24, 2.45) is 0 Å². The van der Waals surface area contributed by atoms with Gasteiger partial charge < -0.3 is 14.9 Å². The molecule has 2 N–H and O–H groups in total. The summed E-state index contributed by atoms with van der Waals surface area (Å²) in [5, 5.41) is 23.8. The van der Waals surface area contributed by atoms with Crippen LogP contribution >= 0.6 is 0 Å². The number of methoxy groups -OCH3 is 1. The Morgan fingerprint density at radius 1 is 1.19 bits per heavy atom. The predicted octanol–water partition coefficient (Wildman–Crippen LogP) is 3.69. The molecule has 3 rings (SSSR count). The van der Waals surface area contributed by atoms with Gasteiger partial charge >= 0.3 is 5.97 Å². The van der Waals surface area contributed by atoms with Gasteiger partial charge in [0.1, 0.15) is 5.75 Å². The Balaban J connectivity index is 2.07. The van der Waals surface area contributed by atoms with Crippen LogP contribution in [0.3, 0.4) is 0 Å². The molecule has 0 unspecified atom stereocenters. The molecular weight excluding hydrogens is 344 g/mol. The molecule has 0 aliphatic carbocycles. The number of ether oxygens (including phenoxy) is 1. The maximum absolute atomic E-state index is 11.1. The van der Waals surface area contributed by atoms with E-state index in [1.165, 1.54) is 0 Å². The third-order valence-electron chi connectivity index (χ3n) is 4.45. The minimum atomic E-state index is -0.965. The van der Waals surface area contributed by atoms with Crippen LogP contribution in [0, 0.1) is 0 Å². The third-order valence-corrected chi connectivity index (χ3v) is 4.45. The molecule has 0 radical (unpaired) electrons. The molecule has 0 bridgehead atoms. The zero-order valence-corrected chi connectivity index (χ0v) is 15.3. The summed E-state index contributed by atoms with van der Waals surface area (Å²) in [5.74, 6) is -0.245. The first-order chi connectivity index (χ1) is 13.0. The number of aliphatic hydroxyl groups is 1. The number of hydrogen-bond donors (Lipinski definition) is 2. The lowest BCUT2D eigenvalue weighted by molar-refractivity contribution is 0.0697. The molecule has 1 heterocycles. The van der Waals surface area contributed by atoms with Crippen LogP contribution in [0.4, 0.5) is 0 Å². The summed E-state index contributed by atoms with van der Waals surface area (Å²) in [6.07, 6.45) is 0.106. The van der Waals surface area contributed by atoms with Crippen LogP contribution in [0.5, 0.6) is 5.75 Å². The average Bonchev–Trinajstić information content (AvgIpc) is 3.11. The second kappa shape index (κ2) is 8.05. The van der Waals surface area contributed by atoms with Gasteiger partial charge in [-0.1, -0.05) is 31.2 Å². The van der Waals surface area contributed by atoms with E-state index in [4.69, 9.17) is 9.84 Å². The van der Waals surface area contributed by atoms with Crippen molar-refractivity contribution in [3.05, 3.63) is 60.2 Å². The SMILES string of the molecule is CC[C@H](O)Cn1nc(-c2ccc(C(=O)O)cc2)cc1-c1ccccc1OC. The summed E-state index contributed by atoms with van der Waals surface area (Å²) in [6, 6.07) is 16.2. The van der Waals surface area contributed by atoms with Crippen molar-refractivity contribution < 1.29 is 19.7 Å². The molecule has 0 saturated heterocycles. The van der Waals surface area contributed by atoms with E-state index in [0.29, 0.717) is 18.7 Å². The molecule has 0 aliphatic rings. The van der Waals surface area contributed by atoms with E-state index >= 15 is 0 Å². The Labute approximate surface area is 157 Å². The number of aromatic nitrogens is 2. The smallest absolute Gasteiger partial charge is 0.335 e. The fraction of sp³-hybridized carbons (Fsp3) is 0.238. The molecule has 2 aromatic carbocycles. The molecule has 3 aromatic rings. The molecule has 1 atom stereocenters. The standard InChI is InChI=1S/C21H22N2O4/c1-3-16(24)13-23-19(17-6-4-5-7-20(17)27-2)12-18(22-23)14-8-10-15(11-9-14)21(25)26/h4-12,16,24H,3,13H2,1-2H3,(H,25,26)/t16-/m0/s1. The van der Waals surface area contributed by atoms with Crippen LogP contribution < -0.4 is 4.74 Å². The van der Waals surface area contributed by atoms with Gasteiger partial charge in [0.2, 0.25) is 0 Å². The van der Waals surface area contributed by atoms with Crippen LogP contribution in [0.25, 0.3) is 22.5 Å². The fourth-order valence-electron chi connectivity index (χ4n) is 2.88. The van der Waals surface area contributed by atoms with Gasteiger partial charge in [-0.3, -0.25) is 4.68 Å². The Bertz CT molecular complexity index is 932. The normalized spacial score (nSPS) is 12.0. The average molecular weight is 366 g/mol. The van der Waals surface area contributed by atoms with Crippen molar-refractivity contribution in [3.8, 4) is 28.3 Å². The molecule has 0 amide bonds. The molecule has 6 heteroatoms. The number of rotatable bonds is 7. The second-order valence-electron chi connectivity index (χ2n) is 6.24. The summed E-state index contributed by atoms with van der Waals surface area (Å²) in [7, 11) is 1.62. The van der Waals surface area contributed by atoms with Crippen LogP contribution in [-0.4, -0.2) is 39.2 Å². The van der Waals surface area contributed by atoms with Crippen LogP contribution in [0.2, 0.25) is 0 Å². The maximum atomic E-state index is 11.1. The highest BCUT2D eigenvalue weighted by Crippen LogP contribution is 2.33. The number of aliphatic hydroxyl groups excluding tert-OH is 1. The first-order valence-corrected chi connectivity index (χ1v) is 8.76. The minimum Gasteiger partial charge on any atom is -0.496 e. The van der Waals surface area contributed by atoms with Gasteiger partial charge in [0.05, 0.1) is 36.7 Å². The van der Waals surface area contributed by atoms with Crippen LogP contribution in [0.1, 0.15) is 23.7 Å². The first-order valence-electron chi connectivity index (χ1n) is 8.76. The number of nitrogens with zero attached hydrogens (tertiary/aromatic N) is 2. The number of aromatic carboxylic acids is 1. The zero-order valence-electron chi connectivity index (χ0n) is 15.3. The molecule has 27 heavy (non-hydrogen) atoms. The summed E-state index contributed by atoms with van der Waals surface area (Å²) in [4.78, 5) is 11.1. The summed E-state index contributed by atoms with van der Waals surface area (Å²) < 4.78 is 7.24. The van der Waals surface area contributed by atoms with Crippen molar-refractivity contribution in [1.82, 2.24) is 9.78 Å². The monoisotopic (exact) mass is 366 g/mol. The van der Waals surface area contributed by atoms with Crippen LogP contribution in [-0.2, 0) is 6.54 Å². The van der Waals surface area contributed by atoms with E-state index in [1.807, 2.05) is 37.3 Å². The number of benzene rings is 2. The number of carboxylic acids is 1.